The van der Waals surface area contributed by atoms with Crippen LogP contribution in [0.3, 0.4) is 0 Å². The molecule has 2 aromatic carbocycles. The molecule has 0 amide bonds. The zero-order valence-corrected chi connectivity index (χ0v) is 12.3. The number of thiophene rings is 1. The molecule has 0 spiro atoms. The summed E-state index contributed by atoms with van der Waals surface area (Å²) in [5, 5.41) is 7.53. The highest BCUT2D eigenvalue weighted by Gasteiger charge is 2.16. The molecule has 2 aromatic heterocycles. The molecule has 1 aliphatic heterocycles. The minimum Gasteiger partial charge on any atom is -0.383 e. The number of aryl methyl sites for hydroxylation is 1. The maximum Gasteiger partial charge on any atom is 0.0943 e. The predicted octanol–water partition coefficient (Wildman–Crippen LogP) is 4.96. The average Bonchev–Trinajstić information content (AvgIpc) is 2.93. The second kappa shape index (κ2) is 4.18. The molecule has 0 bridgehead atoms. The molecule has 1 N–H and O–H groups in total. The van der Waals surface area contributed by atoms with Gasteiger partial charge in [0.2, 0.25) is 0 Å². The molecule has 5 rings (SSSR count). The molecule has 0 fully saturated rings. The lowest BCUT2D eigenvalue weighted by atomic mass is 9.98. The van der Waals surface area contributed by atoms with Gasteiger partial charge in [-0.15, -0.1) is 11.3 Å². The Morgan fingerprint density at radius 1 is 1.00 bits per heavy atom. The molecule has 1 aliphatic rings. The second-order valence-corrected chi connectivity index (χ2v) is 6.71. The summed E-state index contributed by atoms with van der Waals surface area (Å²) in [6, 6.07) is 13.2. The van der Waals surface area contributed by atoms with E-state index in [0.717, 1.165) is 18.5 Å². The van der Waals surface area contributed by atoms with E-state index in [1.165, 1.54) is 43.2 Å². The molecular weight excluding hydrogens is 276 g/mol. The number of benzene rings is 2. The fourth-order valence-corrected chi connectivity index (χ4v) is 4.51. The Balaban J connectivity index is 2.00. The zero-order chi connectivity index (χ0) is 13.8. The van der Waals surface area contributed by atoms with Crippen LogP contribution in [0.5, 0.6) is 0 Å². The van der Waals surface area contributed by atoms with Gasteiger partial charge in [-0.3, -0.25) is 4.98 Å². The van der Waals surface area contributed by atoms with Gasteiger partial charge in [0.25, 0.3) is 0 Å². The lowest BCUT2D eigenvalue weighted by Crippen LogP contribution is -2.12. The molecule has 0 unspecified atom stereocenters. The molecule has 0 radical (unpaired) electrons. The minimum atomic E-state index is 1.05. The SMILES string of the molecule is c1ccc2c(c1)sc1cnc3c4c(ccc3c12)CCCN4. The molecule has 0 saturated heterocycles. The van der Waals surface area contributed by atoms with Crippen molar-refractivity contribution in [2.75, 3.05) is 11.9 Å². The van der Waals surface area contributed by atoms with Crippen LogP contribution in [0.15, 0.2) is 42.6 Å². The van der Waals surface area contributed by atoms with Crippen molar-refractivity contribution in [3.05, 3.63) is 48.2 Å². The van der Waals surface area contributed by atoms with E-state index < -0.39 is 0 Å². The van der Waals surface area contributed by atoms with Gasteiger partial charge in [-0.25, -0.2) is 0 Å². The number of aromatic nitrogens is 1. The number of fused-ring (bicyclic) bond motifs is 7. The van der Waals surface area contributed by atoms with Gasteiger partial charge in [0, 0.05) is 33.6 Å². The Morgan fingerprint density at radius 3 is 2.95 bits per heavy atom. The van der Waals surface area contributed by atoms with E-state index in [4.69, 9.17) is 4.98 Å². The van der Waals surface area contributed by atoms with Gasteiger partial charge >= 0.3 is 0 Å². The van der Waals surface area contributed by atoms with Crippen LogP contribution >= 0.6 is 11.3 Å². The van der Waals surface area contributed by atoms with E-state index in [1.54, 1.807) is 0 Å². The van der Waals surface area contributed by atoms with Crippen molar-refractivity contribution in [3.63, 3.8) is 0 Å². The smallest absolute Gasteiger partial charge is 0.0943 e. The van der Waals surface area contributed by atoms with Crippen LogP contribution < -0.4 is 5.32 Å². The second-order valence-electron chi connectivity index (χ2n) is 5.62. The normalized spacial score (nSPS) is 14.5. The Kier molecular flexibility index (Phi) is 2.29. The van der Waals surface area contributed by atoms with E-state index in [2.05, 4.69) is 41.7 Å². The molecule has 3 heterocycles. The van der Waals surface area contributed by atoms with Crippen molar-refractivity contribution < 1.29 is 0 Å². The van der Waals surface area contributed by atoms with Crippen molar-refractivity contribution in [2.45, 2.75) is 12.8 Å². The standard InChI is InChI=1S/C18H14N2S/c1-2-6-14-12(5-1)16-13-8-7-11-4-3-9-19-17(11)18(13)20-10-15(16)21-14/h1-2,5-8,10,19H,3-4,9H2. The van der Waals surface area contributed by atoms with Gasteiger partial charge in [0.1, 0.15) is 0 Å². The van der Waals surface area contributed by atoms with Crippen molar-refractivity contribution in [3.8, 4) is 0 Å². The van der Waals surface area contributed by atoms with Gasteiger partial charge < -0.3 is 5.32 Å². The summed E-state index contributed by atoms with van der Waals surface area (Å²) in [5.41, 5.74) is 3.78. The third-order valence-electron chi connectivity index (χ3n) is 4.39. The lowest BCUT2D eigenvalue weighted by Gasteiger charge is -2.19. The fourth-order valence-electron chi connectivity index (χ4n) is 3.42. The highest BCUT2D eigenvalue weighted by atomic mass is 32.1. The van der Waals surface area contributed by atoms with E-state index in [-0.39, 0.29) is 0 Å². The highest BCUT2D eigenvalue weighted by molar-refractivity contribution is 7.26. The molecule has 0 saturated carbocycles. The summed E-state index contributed by atoms with van der Waals surface area (Å²) < 4.78 is 2.62. The molecule has 21 heavy (non-hydrogen) atoms. The summed E-state index contributed by atoms with van der Waals surface area (Å²) in [4.78, 5) is 4.77. The van der Waals surface area contributed by atoms with Gasteiger partial charge in [0.15, 0.2) is 0 Å². The summed E-state index contributed by atoms with van der Waals surface area (Å²) in [6.07, 6.45) is 4.41. The highest BCUT2D eigenvalue weighted by Crippen LogP contribution is 2.40. The van der Waals surface area contributed by atoms with Crippen LogP contribution in [0.25, 0.3) is 31.1 Å². The number of hydrogen-bond donors (Lipinski definition) is 1. The van der Waals surface area contributed by atoms with Crippen LogP contribution in [0.4, 0.5) is 5.69 Å². The van der Waals surface area contributed by atoms with E-state index in [1.807, 2.05) is 17.5 Å². The largest absolute Gasteiger partial charge is 0.383 e. The Bertz CT molecular complexity index is 1000. The fraction of sp³-hybridized carbons (Fsp3) is 0.167. The summed E-state index contributed by atoms with van der Waals surface area (Å²) in [5.74, 6) is 0. The van der Waals surface area contributed by atoms with E-state index >= 15 is 0 Å². The van der Waals surface area contributed by atoms with Crippen LogP contribution in [0.2, 0.25) is 0 Å². The first-order valence-electron chi connectivity index (χ1n) is 7.37. The van der Waals surface area contributed by atoms with Crippen LogP contribution in [-0.2, 0) is 6.42 Å². The van der Waals surface area contributed by atoms with E-state index in [9.17, 15) is 0 Å². The van der Waals surface area contributed by atoms with Crippen LogP contribution in [0.1, 0.15) is 12.0 Å². The summed E-state index contributed by atoms with van der Waals surface area (Å²) in [7, 11) is 0. The molecule has 0 aliphatic carbocycles. The molecular formula is C18H14N2S. The van der Waals surface area contributed by atoms with Crippen molar-refractivity contribution in [1.82, 2.24) is 4.98 Å². The van der Waals surface area contributed by atoms with Crippen molar-refractivity contribution >= 4 is 48.1 Å². The van der Waals surface area contributed by atoms with Crippen molar-refractivity contribution in [1.29, 1.82) is 0 Å². The molecule has 0 atom stereocenters. The molecule has 2 nitrogen and oxygen atoms in total. The number of anilines is 1. The predicted molar refractivity (Wildman–Crippen MR) is 91.4 cm³/mol. The maximum absolute atomic E-state index is 4.77. The first-order valence-corrected chi connectivity index (χ1v) is 8.19. The number of hydrogen-bond acceptors (Lipinski definition) is 3. The van der Waals surface area contributed by atoms with E-state index in [0.29, 0.717) is 0 Å². The number of rotatable bonds is 0. The zero-order valence-electron chi connectivity index (χ0n) is 11.5. The summed E-state index contributed by atoms with van der Waals surface area (Å²) >= 11 is 1.83. The summed E-state index contributed by atoms with van der Waals surface area (Å²) in [6.45, 7) is 1.05. The Morgan fingerprint density at radius 2 is 1.95 bits per heavy atom. The molecule has 4 aromatic rings. The quantitative estimate of drug-likeness (QED) is 0.495. The van der Waals surface area contributed by atoms with Gasteiger partial charge in [-0.2, -0.15) is 0 Å². The monoisotopic (exact) mass is 290 g/mol. The van der Waals surface area contributed by atoms with Crippen molar-refractivity contribution in [2.24, 2.45) is 0 Å². The molecule has 102 valence electrons. The molecule has 3 heteroatoms. The van der Waals surface area contributed by atoms with Gasteiger partial charge in [-0.05, 0) is 24.5 Å². The van der Waals surface area contributed by atoms with Gasteiger partial charge in [-0.1, -0.05) is 30.3 Å². The minimum absolute atomic E-state index is 1.05. The van der Waals surface area contributed by atoms with Crippen LogP contribution in [0, 0.1) is 0 Å². The number of nitrogens with one attached hydrogen (secondary N) is 1. The third-order valence-corrected chi connectivity index (χ3v) is 5.50. The Labute approximate surface area is 126 Å². The average molecular weight is 290 g/mol. The van der Waals surface area contributed by atoms with Gasteiger partial charge in [0.05, 0.1) is 15.9 Å². The Hall–Kier alpha value is -2.13. The maximum atomic E-state index is 4.77. The topological polar surface area (TPSA) is 24.9 Å². The lowest BCUT2D eigenvalue weighted by molar-refractivity contribution is 0.832. The number of pyridine rings is 1. The number of nitrogens with zero attached hydrogens (tertiary/aromatic N) is 1. The van der Waals surface area contributed by atoms with Crippen LogP contribution in [-0.4, -0.2) is 11.5 Å². The first kappa shape index (κ1) is 11.5. The first-order chi connectivity index (χ1) is 10.4. The third kappa shape index (κ3) is 1.55.